The van der Waals surface area contributed by atoms with Crippen molar-refractivity contribution in [3.05, 3.63) is 24.3 Å². The van der Waals surface area contributed by atoms with Gasteiger partial charge < -0.3 is 15.3 Å². The summed E-state index contributed by atoms with van der Waals surface area (Å²) < 4.78 is 0. The van der Waals surface area contributed by atoms with Crippen molar-refractivity contribution in [3.8, 4) is 0 Å². The van der Waals surface area contributed by atoms with Crippen LogP contribution in [0.5, 0.6) is 0 Å². The molecule has 114 valence electrons. The van der Waals surface area contributed by atoms with Crippen LogP contribution in [-0.2, 0) is 4.79 Å². The fraction of sp³-hybridized carbons (Fsp3) is 0.467. The van der Waals surface area contributed by atoms with E-state index < -0.39 is 11.5 Å². The number of benzene rings is 1. The predicted molar refractivity (Wildman–Crippen MR) is 81.9 cm³/mol. The molecule has 0 spiro atoms. The SMILES string of the molecule is CN1CCN(C(=O)NC(C)(C)CC(=O)O)c2ccccc21. The maximum absolute atomic E-state index is 12.5. The molecule has 1 aromatic carbocycles. The topological polar surface area (TPSA) is 72.9 Å². The highest BCUT2D eigenvalue weighted by Gasteiger charge is 2.30. The third-order valence-electron chi connectivity index (χ3n) is 3.53. The van der Waals surface area contributed by atoms with Gasteiger partial charge in [0.1, 0.15) is 0 Å². The Balaban J connectivity index is 2.17. The Bertz CT molecular complexity index is 557. The lowest BCUT2D eigenvalue weighted by Gasteiger charge is -2.37. The van der Waals surface area contributed by atoms with E-state index >= 15 is 0 Å². The Morgan fingerprint density at radius 2 is 1.86 bits per heavy atom. The molecule has 0 unspecified atom stereocenters. The zero-order chi connectivity index (χ0) is 15.6. The molecule has 0 radical (unpaired) electrons. The summed E-state index contributed by atoms with van der Waals surface area (Å²) in [6.45, 7) is 4.73. The number of likely N-dealkylation sites (N-methyl/N-ethyl adjacent to an activating group) is 1. The molecule has 1 aromatic rings. The summed E-state index contributed by atoms with van der Waals surface area (Å²) in [5, 5.41) is 11.7. The number of fused-ring (bicyclic) bond motifs is 1. The standard InChI is InChI=1S/C15H21N3O3/c1-15(2,10-13(19)20)16-14(21)18-9-8-17(3)11-6-4-5-7-12(11)18/h4-7H,8-10H2,1-3H3,(H,16,21)(H,19,20). The molecular weight excluding hydrogens is 270 g/mol. The van der Waals surface area contributed by atoms with Gasteiger partial charge in [-0.05, 0) is 26.0 Å². The lowest BCUT2D eigenvalue weighted by molar-refractivity contribution is -0.138. The van der Waals surface area contributed by atoms with E-state index in [1.165, 1.54) is 0 Å². The maximum atomic E-state index is 12.5. The molecule has 1 aliphatic heterocycles. The van der Waals surface area contributed by atoms with E-state index in [4.69, 9.17) is 5.11 Å². The van der Waals surface area contributed by atoms with Crippen molar-refractivity contribution in [2.75, 3.05) is 29.9 Å². The predicted octanol–water partition coefficient (Wildman–Crippen LogP) is 1.91. The van der Waals surface area contributed by atoms with Crippen LogP contribution in [0, 0.1) is 0 Å². The molecule has 0 aromatic heterocycles. The highest BCUT2D eigenvalue weighted by atomic mass is 16.4. The minimum atomic E-state index is -0.931. The molecule has 1 aliphatic rings. The first kappa shape index (κ1) is 15.2. The van der Waals surface area contributed by atoms with Crippen molar-refractivity contribution < 1.29 is 14.7 Å². The van der Waals surface area contributed by atoms with Gasteiger partial charge in [-0.3, -0.25) is 9.69 Å². The van der Waals surface area contributed by atoms with Crippen molar-refractivity contribution in [1.82, 2.24) is 5.32 Å². The number of carboxylic acid groups (broad SMARTS) is 1. The van der Waals surface area contributed by atoms with Gasteiger partial charge >= 0.3 is 12.0 Å². The zero-order valence-corrected chi connectivity index (χ0v) is 12.6. The number of anilines is 2. The minimum Gasteiger partial charge on any atom is -0.481 e. The molecule has 6 heteroatoms. The summed E-state index contributed by atoms with van der Waals surface area (Å²) in [5.41, 5.74) is 1.05. The molecule has 0 atom stereocenters. The number of hydrogen-bond donors (Lipinski definition) is 2. The lowest BCUT2D eigenvalue weighted by atomic mass is 10.0. The Morgan fingerprint density at radius 3 is 2.48 bits per heavy atom. The van der Waals surface area contributed by atoms with Crippen molar-refractivity contribution in [2.24, 2.45) is 0 Å². The molecule has 2 amide bonds. The Kier molecular flexibility index (Phi) is 4.06. The number of hydrogen-bond acceptors (Lipinski definition) is 3. The minimum absolute atomic E-state index is 0.117. The van der Waals surface area contributed by atoms with Crippen LogP contribution in [-0.4, -0.2) is 42.8 Å². The number of urea groups is 1. The number of carbonyl (C=O) groups excluding carboxylic acids is 1. The van der Waals surface area contributed by atoms with Gasteiger partial charge in [-0.25, -0.2) is 4.79 Å². The number of nitrogens with zero attached hydrogens (tertiary/aromatic N) is 2. The highest BCUT2D eigenvalue weighted by Crippen LogP contribution is 2.31. The van der Waals surface area contributed by atoms with Gasteiger partial charge in [0, 0.05) is 25.7 Å². The molecule has 0 saturated carbocycles. The first-order valence-corrected chi connectivity index (χ1v) is 6.92. The maximum Gasteiger partial charge on any atom is 0.322 e. The van der Waals surface area contributed by atoms with Gasteiger partial charge in [-0.2, -0.15) is 0 Å². The van der Waals surface area contributed by atoms with E-state index in [0.29, 0.717) is 6.54 Å². The molecule has 0 saturated heterocycles. The molecular formula is C15H21N3O3. The summed E-state index contributed by atoms with van der Waals surface area (Å²) in [6, 6.07) is 7.43. The van der Waals surface area contributed by atoms with Crippen LogP contribution in [0.25, 0.3) is 0 Å². The van der Waals surface area contributed by atoms with Crippen LogP contribution in [0.4, 0.5) is 16.2 Å². The number of amides is 2. The molecule has 2 N–H and O–H groups in total. The van der Waals surface area contributed by atoms with Crippen LogP contribution < -0.4 is 15.1 Å². The van der Waals surface area contributed by atoms with Crippen LogP contribution in [0.2, 0.25) is 0 Å². The second-order valence-electron chi connectivity index (χ2n) is 5.95. The average molecular weight is 291 g/mol. The fourth-order valence-corrected chi connectivity index (χ4v) is 2.50. The van der Waals surface area contributed by atoms with Crippen LogP contribution in [0.1, 0.15) is 20.3 Å². The smallest absolute Gasteiger partial charge is 0.322 e. The molecule has 0 fully saturated rings. The quantitative estimate of drug-likeness (QED) is 0.892. The molecule has 21 heavy (non-hydrogen) atoms. The second-order valence-corrected chi connectivity index (χ2v) is 5.95. The Morgan fingerprint density at radius 1 is 1.24 bits per heavy atom. The Hall–Kier alpha value is -2.24. The van der Waals surface area contributed by atoms with E-state index in [0.717, 1.165) is 17.9 Å². The van der Waals surface area contributed by atoms with Crippen molar-refractivity contribution in [2.45, 2.75) is 25.8 Å². The van der Waals surface area contributed by atoms with E-state index in [-0.39, 0.29) is 12.5 Å². The van der Waals surface area contributed by atoms with E-state index in [2.05, 4.69) is 10.2 Å². The monoisotopic (exact) mass is 291 g/mol. The van der Waals surface area contributed by atoms with E-state index in [1.807, 2.05) is 31.3 Å². The largest absolute Gasteiger partial charge is 0.481 e. The Labute approximate surface area is 124 Å². The first-order valence-electron chi connectivity index (χ1n) is 6.92. The number of para-hydroxylation sites is 2. The first-order chi connectivity index (χ1) is 9.80. The number of rotatable bonds is 3. The van der Waals surface area contributed by atoms with Gasteiger partial charge in [-0.1, -0.05) is 12.1 Å². The zero-order valence-electron chi connectivity index (χ0n) is 12.6. The summed E-state index contributed by atoms with van der Waals surface area (Å²) in [7, 11) is 1.99. The van der Waals surface area contributed by atoms with Gasteiger partial charge in [-0.15, -0.1) is 0 Å². The number of carboxylic acids is 1. The third kappa shape index (κ3) is 3.45. The molecule has 1 heterocycles. The molecule has 2 rings (SSSR count). The van der Waals surface area contributed by atoms with Crippen LogP contribution >= 0.6 is 0 Å². The van der Waals surface area contributed by atoms with Gasteiger partial charge in [0.15, 0.2) is 0 Å². The summed E-state index contributed by atoms with van der Waals surface area (Å²) >= 11 is 0. The van der Waals surface area contributed by atoms with Crippen molar-refractivity contribution in [1.29, 1.82) is 0 Å². The number of aliphatic carboxylic acids is 1. The van der Waals surface area contributed by atoms with E-state index in [9.17, 15) is 9.59 Å². The third-order valence-corrected chi connectivity index (χ3v) is 3.53. The second kappa shape index (κ2) is 5.63. The average Bonchev–Trinajstić information content (AvgIpc) is 2.37. The highest BCUT2D eigenvalue weighted by molar-refractivity contribution is 5.97. The fourth-order valence-electron chi connectivity index (χ4n) is 2.50. The van der Waals surface area contributed by atoms with Gasteiger partial charge in [0.05, 0.1) is 17.8 Å². The van der Waals surface area contributed by atoms with Gasteiger partial charge in [0.2, 0.25) is 0 Å². The van der Waals surface area contributed by atoms with Gasteiger partial charge in [0.25, 0.3) is 0 Å². The van der Waals surface area contributed by atoms with Crippen molar-refractivity contribution in [3.63, 3.8) is 0 Å². The molecule has 0 bridgehead atoms. The summed E-state index contributed by atoms with van der Waals surface area (Å²) in [4.78, 5) is 27.1. The van der Waals surface area contributed by atoms with Crippen molar-refractivity contribution >= 4 is 23.4 Å². The van der Waals surface area contributed by atoms with Crippen LogP contribution in [0.15, 0.2) is 24.3 Å². The van der Waals surface area contributed by atoms with Crippen LogP contribution in [0.3, 0.4) is 0 Å². The number of nitrogens with one attached hydrogen (secondary N) is 1. The lowest BCUT2D eigenvalue weighted by Crippen LogP contribution is -2.54. The summed E-state index contributed by atoms with van der Waals surface area (Å²) in [6.07, 6.45) is -0.117. The normalized spacial score (nSPS) is 14.6. The molecule has 0 aliphatic carbocycles. The summed E-state index contributed by atoms with van der Waals surface area (Å²) in [5.74, 6) is -0.931. The molecule has 6 nitrogen and oxygen atoms in total. The number of carbonyl (C=O) groups is 2. The van der Waals surface area contributed by atoms with E-state index in [1.54, 1.807) is 18.7 Å².